The molecule has 0 aliphatic carbocycles. The summed E-state index contributed by atoms with van der Waals surface area (Å²) >= 11 is 0. The van der Waals surface area contributed by atoms with Gasteiger partial charge >= 0.3 is 0 Å². The number of aromatic nitrogens is 2. The number of nitrogens with zero attached hydrogens (tertiary/aromatic N) is 2. The van der Waals surface area contributed by atoms with E-state index in [-0.39, 0.29) is 0 Å². The summed E-state index contributed by atoms with van der Waals surface area (Å²) in [5, 5.41) is 0. The van der Waals surface area contributed by atoms with E-state index in [1.54, 1.807) is 22.6 Å². The molecule has 2 rings (SSSR count). The summed E-state index contributed by atoms with van der Waals surface area (Å²) in [6, 6.07) is 5.32. The number of carbonyl (C=O) groups is 1. The average molecular weight is 161 g/mol. The molecular formula is C8H7N3O. The van der Waals surface area contributed by atoms with E-state index < -0.39 is 0 Å². The molecule has 0 amide bonds. The zero-order valence-electron chi connectivity index (χ0n) is 6.27. The lowest BCUT2D eigenvalue weighted by Gasteiger charge is -1.98. The summed E-state index contributed by atoms with van der Waals surface area (Å²) in [4.78, 5) is 14.5. The topological polar surface area (TPSA) is 60.4 Å². The predicted molar refractivity (Wildman–Crippen MR) is 45.0 cm³/mol. The summed E-state index contributed by atoms with van der Waals surface area (Å²) in [5.74, 6) is 0.520. The second-order valence-corrected chi connectivity index (χ2v) is 2.45. The lowest BCUT2D eigenvalue weighted by molar-refractivity contribution is 0.111. The highest BCUT2D eigenvalue weighted by atomic mass is 16.1. The Hall–Kier alpha value is -1.84. The van der Waals surface area contributed by atoms with Gasteiger partial charge in [-0.25, -0.2) is 4.98 Å². The Morgan fingerprint density at radius 1 is 1.50 bits per heavy atom. The van der Waals surface area contributed by atoms with Gasteiger partial charge in [-0.3, -0.25) is 9.20 Å². The molecule has 2 N–H and O–H groups in total. The number of pyridine rings is 1. The van der Waals surface area contributed by atoms with E-state index in [9.17, 15) is 4.79 Å². The Bertz CT molecular complexity index is 433. The number of nitrogen functional groups attached to an aromatic ring is 1. The quantitative estimate of drug-likeness (QED) is 0.627. The molecule has 12 heavy (non-hydrogen) atoms. The van der Waals surface area contributed by atoms with E-state index in [0.717, 1.165) is 6.29 Å². The number of imidazole rings is 1. The maximum atomic E-state index is 10.5. The van der Waals surface area contributed by atoms with Crippen molar-refractivity contribution in [1.29, 1.82) is 0 Å². The lowest BCUT2D eigenvalue weighted by atomic mass is 10.4. The van der Waals surface area contributed by atoms with Crippen LogP contribution in [-0.2, 0) is 0 Å². The van der Waals surface area contributed by atoms with Crippen LogP contribution in [0.1, 0.15) is 10.5 Å². The fourth-order valence-electron chi connectivity index (χ4n) is 1.17. The number of rotatable bonds is 1. The first-order valence-electron chi connectivity index (χ1n) is 3.50. The van der Waals surface area contributed by atoms with Crippen LogP contribution >= 0.6 is 0 Å². The fraction of sp³-hybridized carbons (Fsp3) is 0. The van der Waals surface area contributed by atoms with Gasteiger partial charge in [-0.15, -0.1) is 0 Å². The van der Waals surface area contributed by atoms with Crippen LogP contribution in [0.4, 0.5) is 5.82 Å². The van der Waals surface area contributed by atoms with Crippen molar-refractivity contribution in [3.63, 3.8) is 0 Å². The van der Waals surface area contributed by atoms with Gasteiger partial charge in [0.25, 0.3) is 0 Å². The second kappa shape index (κ2) is 2.34. The van der Waals surface area contributed by atoms with Gasteiger partial charge in [-0.05, 0) is 12.1 Å². The minimum absolute atomic E-state index is 0.475. The van der Waals surface area contributed by atoms with Gasteiger partial charge in [0.15, 0.2) is 6.29 Å². The van der Waals surface area contributed by atoms with E-state index in [1.165, 1.54) is 6.20 Å². The van der Waals surface area contributed by atoms with Gasteiger partial charge in [-0.2, -0.15) is 0 Å². The number of carbonyl (C=O) groups excluding carboxylic acids is 1. The highest BCUT2D eigenvalue weighted by molar-refractivity contribution is 5.75. The van der Waals surface area contributed by atoms with Crippen molar-refractivity contribution in [3.05, 3.63) is 30.1 Å². The summed E-state index contributed by atoms with van der Waals surface area (Å²) in [6.45, 7) is 0. The summed E-state index contributed by atoms with van der Waals surface area (Å²) in [7, 11) is 0. The first-order chi connectivity index (χ1) is 5.83. The molecule has 4 nitrogen and oxygen atoms in total. The standard InChI is InChI=1S/C8H7N3O/c9-7-2-1-3-8-10-4-6(5-12)11(7)8/h1-5H,9H2. The van der Waals surface area contributed by atoms with Crippen LogP contribution in [0.5, 0.6) is 0 Å². The number of fused-ring (bicyclic) bond motifs is 1. The first-order valence-corrected chi connectivity index (χ1v) is 3.50. The molecule has 2 aromatic heterocycles. The van der Waals surface area contributed by atoms with Crippen LogP contribution in [0, 0.1) is 0 Å². The van der Waals surface area contributed by atoms with Crippen LogP contribution in [-0.4, -0.2) is 15.7 Å². The zero-order valence-corrected chi connectivity index (χ0v) is 6.27. The molecule has 2 heterocycles. The SMILES string of the molecule is Nc1cccc2ncc(C=O)n12. The van der Waals surface area contributed by atoms with Gasteiger partial charge in [0.1, 0.15) is 17.2 Å². The molecule has 0 radical (unpaired) electrons. The third-order valence-electron chi connectivity index (χ3n) is 1.71. The Balaban J connectivity index is 2.91. The van der Waals surface area contributed by atoms with Crippen LogP contribution in [0.3, 0.4) is 0 Å². The third-order valence-corrected chi connectivity index (χ3v) is 1.71. The van der Waals surface area contributed by atoms with E-state index in [1.807, 2.05) is 0 Å². The molecule has 0 aromatic carbocycles. The van der Waals surface area contributed by atoms with Crippen molar-refractivity contribution >= 4 is 17.8 Å². The van der Waals surface area contributed by atoms with Crippen molar-refractivity contribution in [3.8, 4) is 0 Å². The number of hydrogen-bond donors (Lipinski definition) is 1. The van der Waals surface area contributed by atoms with Crippen molar-refractivity contribution in [1.82, 2.24) is 9.38 Å². The van der Waals surface area contributed by atoms with Crippen LogP contribution in [0.15, 0.2) is 24.4 Å². The largest absolute Gasteiger partial charge is 0.385 e. The number of anilines is 1. The summed E-state index contributed by atoms with van der Waals surface area (Å²) in [6.07, 6.45) is 2.23. The Kier molecular flexibility index (Phi) is 1.33. The number of hydrogen-bond acceptors (Lipinski definition) is 3. The molecule has 4 heteroatoms. The minimum atomic E-state index is 0.475. The maximum Gasteiger partial charge on any atom is 0.168 e. The Morgan fingerprint density at radius 3 is 3.08 bits per heavy atom. The molecule has 60 valence electrons. The smallest absolute Gasteiger partial charge is 0.168 e. The molecule has 0 spiro atoms. The van der Waals surface area contributed by atoms with Crippen LogP contribution < -0.4 is 5.73 Å². The second-order valence-electron chi connectivity index (χ2n) is 2.45. The van der Waals surface area contributed by atoms with Gasteiger partial charge in [0.05, 0.1) is 6.20 Å². The average Bonchev–Trinajstić information content (AvgIpc) is 2.49. The lowest BCUT2D eigenvalue weighted by Crippen LogP contribution is -1.98. The molecule has 2 aromatic rings. The molecule has 0 saturated heterocycles. The van der Waals surface area contributed by atoms with E-state index in [4.69, 9.17) is 5.73 Å². The molecule has 0 aliphatic heterocycles. The molecule has 0 unspecified atom stereocenters. The van der Waals surface area contributed by atoms with E-state index in [2.05, 4.69) is 4.98 Å². The predicted octanol–water partition coefficient (Wildman–Crippen LogP) is 0.729. The van der Waals surface area contributed by atoms with Gasteiger partial charge < -0.3 is 5.73 Å². The normalized spacial score (nSPS) is 10.3. The first kappa shape index (κ1) is 6.84. The number of nitrogens with two attached hydrogens (primary N) is 1. The third kappa shape index (κ3) is 0.780. The Morgan fingerprint density at radius 2 is 2.33 bits per heavy atom. The van der Waals surface area contributed by atoms with Crippen LogP contribution in [0.25, 0.3) is 5.65 Å². The van der Waals surface area contributed by atoms with Gasteiger partial charge in [0, 0.05) is 0 Å². The molecule has 0 atom stereocenters. The van der Waals surface area contributed by atoms with Crippen molar-refractivity contribution in [2.75, 3.05) is 5.73 Å². The van der Waals surface area contributed by atoms with E-state index in [0.29, 0.717) is 17.2 Å². The minimum Gasteiger partial charge on any atom is -0.385 e. The summed E-state index contributed by atoms with van der Waals surface area (Å²) in [5.41, 5.74) is 6.81. The maximum absolute atomic E-state index is 10.5. The highest BCUT2D eigenvalue weighted by Gasteiger charge is 2.02. The molecule has 0 fully saturated rings. The highest BCUT2D eigenvalue weighted by Crippen LogP contribution is 2.10. The molecule has 0 saturated carbocycles. The molecule has 0 aliphatic rings. The van der Waals surface area contributed by atoms with Crippen molar-refractivity contribution < 1.29 is 4.79 Å². The van der Waals surface area contributed by atoms with Crippen molar-refractivity contribution in [2.45, 2.75) is 0 Å². The zero-order chi connectivity index (χ0) is 8.55. The molecule has 0 bridgehead atoms. The summed E-state index contributed by atoms with van der Waals surface area (Å²) < 4.78 is 1.60. The van der Waals surface area contributed by atoms with Crippen molar-refractivity contribution in [2.24, 2.45) is 0 Å². The Labute approximate surface area is 68.6 Å². The monoisotopic (exact) mass is 161 g/mol. The van der Waals surface area contributed by atoms with Gasteiger partial charge in [-0.1, -0.05) is 6.07 Å². The number of aldehydes is 1. The van der Waals surface area contributed by atoms with E-state index >= 15 is 0 Å². The fourth-order valence-corrected chi connectivity index (χ4v) is 1.17. The van der Waals surface area contributed by atoms with Crippen LogP contribution in [0.2, 0.25) is 0 Å². The van der Waals surface area contributed by atoms with Gasteiger partial charge in [0.2, 0.25) is 0 Å². The molecular weight excluding hydrogens is 154 g/mol.